The molecule has 2 N–H and O–H groups in total. The van der Waals surface area contributed by atoms with Crippen molar-refractivity contribution < 1.29 is 9.90 Å². The molecule has 1 amide bonds. The largest absolute Gasteiger partial charge is 0.390 e. The van der Waals surface area contributed by atoms with E-state index in [-0.39, 0.29) is 11.9 Å². The number of carbonyl (C=O) groups is 1. The normalized spacial score (nSPS) is 35.5. The molecule has 0 atom stereocenters. The van der Waals surface area contributed by atoms with Crippen molar-refractivity contribution in [2.24, 2.45) is 0 Å². The van der Waals surface area contributed by atoms with Crippen LogP contribution >= 0.6 is 0 Å². The minimum absolute atomic E-state index is 0.113. The van der Waals surface area contributed by atoms with Gasteiger partial charge in [0, 0.05) is 6.04 Å². The zero-order valence-electron chi connectivity index (χ0n) is 10.0. The number of rotatable bonds is 3. The zero-order chi connectivity index (χ0) is 11.6. The van der Waals surface area contributed by atoms with Crippen LogP contribution in [0, 0.1) is 0 Å². The lowest BCUT2D eigenvalue weighted by Crippen LogP contribution is -2.55. The molecule has 2 rings (SSSR count). The Morgan fingerprint density at radius 1 is 1.38 bits per heavy atom. The Morgan fingerprint density at radius 3 is 2.56 bits per heavy atom. The monoisotopic (exact) mass is 226 g/mol. The summed E-state index contributed by atoms with van der Waals surface area (Å²) < 4.78 is 0. The first kappa shape index (κ1) is 11.9. The van der Waals surface area contributed by atoms with Crippen LogP contribution in [0.3, 0.4) is 0 Å². The first-order chi connectivity index (χ1) is 7.55. The summed E-state index contributed by atoms with van der Waals surface area (Å²) in [5.41, 5.74) is -0.553. The lowest BCUT2D eigenvalue weighted by Gasteiger charge is -2.41. The number of likely N-dealkylation sites (tertiary alicyclic amines) is 1. The van der Waals surface area contributed by atoms with Gasteiger partial charge in [-0.25, -0.2) is 0 Å². The van der Waals surface area contributed by atoms with Crippen molar-refractivity contribution in [3.63, 3.8) is 0 Å². The molecule has 92 valence electrons. The molecule has 0 unspecified atom stereocenters. The Bertz CT molecular complexity index is 252. The van der Waals surface area contributed by atoms with E-state index in [0.717, 1.165) is 13.1 Å². The summed E-state index contributed by atoms with van der Waals surface area (Å²) in [6.07, 6.45) is 5.11. The van der Waals surface area contributed by atoms with Gasteiger partial charge in [0.25, 0.3) is 0 Å². The maximum Gasteiger partial charge on any atom is 0.234 e. The van der Waals surface area contributed by atoms with Gasteiger partial charge < -0.3 is 10.4 Å². The molecule has 0 bridgehead atoms. The quantitative estimate of drug-likeness (QED) is 0.737. The summed E-state index contributed by atoms with van der Waals surface area (Å²) in [7, 11) is 0. The van der Waals surface area contributed by atoms with Crippen LogP contribution < -0.4 is 5.32 Å². The van der Waals surface area contributed by atoms with Crippen LogP contribution in [0.2, 0.25) is 0 Å². The molecule has 0 aromatic carbocycles. The lowest BCUT2D eigenvalue weighted by molar-refractivity contribution is -0.126. The fourth-order valence-corrected chi connectivity index (χ4v) is 2.70. The second kappa shape index (κ2) is 4.72. The van der Waals surface area contributed by atoms with Gasteiger partial charge >= 0.3 is 0 Å². The Balaban J connectivity index is 1.65. The Hall–Kier alpha value is -0.610. The molecule has 4 nitrogen and oxygen atoms in total. The Morgan fingerprint density at radius 2 is 2.00 bits per heavy atom. The molecule has 2 fully saturated rings. The summed E-state index contributed by atoms with van der Waals surface area (Å²) >= 11 is 0. The molecule has 1 aliphatic heterocycles. The average Bonchev–Trinajstić information content (AvgIpc) is 2.16. The van der Waals surface area contributed by atoms with E-state index in [1.54, 1.807) is 0 Å². The van der Waals surface area contributed by atoms with Crippen LogP contribution in [0.15, 0.2) is 0 Å². The Labute approximate surface area is 97.0 Å². The molecule has 0 aromatic heterocycles. The van der Waals surface area contributed by atoms with Crippen LogP contribution in [-0.4, -0.2) is 47.2 Å². The SMILES string of the molecule is CC1(O)CC(NC(=O)CN2CCCCC2)C1. The van der Waals surface area contributed by atoms with E-state index < -0.39 is 5.60 Å². The van der Waals surface area contributed by atoms with Crippen LogP contribution in [-0.2, 0) is 4.79 Å². The van der Waals surface area contributed by atoms with Gasteiger partial charge in [0.2, 0.25) is 5.91 Å². The Kier molecular flexibility index (Phi) is 3.50. The summed E-state index contributed by atoms with van der Waals surface area (Å²) in [5, 5.41) is 12.5. The second-order valence-corrected chi connectivity index (χ2v) is 5.51. The molecule has 1 heterocycles. The molecule has 1 saturated carbocycles. The van der Waals surface area contributed by atoms with E-state index in [9.17, 15) is 9.90 Å². The number of amides is 1. The van der Waals surface area contributed by atoms with Gasteiger partial charge in [-0.05, 0) is 45.7 Å². The third kappa shape index (κ3) is 3.19. The lowest BCUT2D eigenvalue weighted by atomic mass is 9.77. The van der Waals surface area contributed by atoms with E-state index >= 15 is 0 Å². The molecule has 4 heteroatoms. The highest BCUT2D eigenvalue weighted by atomic mass is 16.3. The van der Waals surface area contributed by atoms with Crippen molar-refractivity contribution in [3.05, 3.63) is 0 Å². The van der Waals surface area contributed by atoms with Gasteiger partial charge in [0.05, 0.1) is 12.1 Å². The van der Waals surface area contributed by atoms with E-state index in [0.29, 0.717) is 19.4 Å². The number of nitrogens with one attached hydrogen (secondary N) is 1. The van der Waals surface area contributed by atoms with Gasteiger partial charge in [-0.15, -0.1) is 0 Å². The third-order valence-electron chi connectivity index (χ3n) is 3.55. The fourth-order valence-electron chi connectivity index (χ4n) is 2.70. The predicted octanol–water partition coefficient (Wildman–Crippen LogP) is 0.502. The van der Waals surface area contributed by atoms with E-state index in [2.05, 4.69) is 10.2 Å². The number of aliphatic hydroxyl groups is 1. The van der Waals surface area contributed by atoms with Crippen molar-refractivity contribution in [2.45, 2.75) is 50.7 Å². The zero-order valence-corrected chi connectivity index (χ0v) is 10.0. The van der Waals surface area contributed by atoms with Crippen LogP contribution in [0.4, 0.5) is 0 Å². The van der Waals surface area contributed by atoms with Crippen molar-refractivity contribution in [3.8, 4) is 0 Å². The topological polar surface area (TPSA) is 52.6 Å². The average molecular weight is 226 g/mol. The first-order valence-electron chi connectivity index (χ1n) is 6.29. The second-order valence-electron chi connectivity index (χ2n) is 5.51. The molecule has 0 spiro atoms. The molecule has 0 radical (unpaired) electrons. The van der Waals surface area contributed by atoms with E-state index in [4.69, 9.17) is 0 Å². The summed E-state index contributed by atoms with van der Waals surface area (Å²) in [5.74, 6) is 0.113. The number of hydrogen-bond acceptors (Lipinski definition) is 3. The standard InChI is InChI=1S/C12H22N2O2/c1-12(16)7-10(8-12)13-11(15)9-14-5-3-2-4-6-14/h10,16H,2-9H2,1H3,(H,13,15). The van der Waals surface area contributed by atoms with Crippen molar-refractivity contribution in [1.29, 1.82) is 0 Å². The molecule has 1 aliphatic carbocycles. The number of hydrogen-bond donors (Lipinski definition) is 2. The van der Waals surface area contributed by atoms with Gasteiger partial charge in [0.1, 0.15) is 0 Å². The molecule has 2 aliphatic rings. The summed E-state index contributed by atoms with van der Waals surface area (Å²) in [4.78, 5) is 13.9. The summed E-state index contributed by atoms with van der Waals surface area (Å²) in [6, 6.07) is 0.187. The van der Waals surface area contributed by atoms with Gasteiger partial charge in [-0.3, -0.25) is 9.69 Å². The fraction of sp³-hybridized carbons (Fsp3) is 0.917. The molecular weight excluding hydrogens is 204 g/mol. The minimum Gasteiger partial charge on any atom is -0.390 e. The predicted molar refractivity (Wildman–Crippen MR) is 62.1 cm³/mol. The van der Waals surface area contributed by atoms with Crippen molar-refractivity contribution in [2.75, 3.05) is 19.6 Å². The first-order valence-corrected chi connectivity index (χ1v) is 6.29. The van der Waals surface area contributed by atoms with Gasteiger partial charge in [-0.1, -0.05) is 6.42 Å². The van der Waals surface area contributed by atoms with Crippen LogP contribution in [0.25, 0.3) is 0 Å². The number of piperidine rings is 1. The molecule has 1 saturated heterocycles. The molecular formula is C12H22N2O2. The maximum atomic E-state index is 11.7. The highest BCUT2D eigenvalue weighted by Gasteiger charge is 2.39. The highest BCUT2D eigenvalue weighted by Crippen LogP contribution is 2.31. The third-order valence-corrected chi connectivity index (χ3v) is 3.55. The molecule has 16 heavy (non-hydrogen) atoms. The van der Waals surface area contributed by atoms with E-state index in [1.807, 2.05) is 6.92 Å². The van der Waals surface area contributed by atoms with Crippen LogP contribution in [0.1, 0.15) is 39.0 Å². The highest BCUT2D eigenvalue weighted by molar-refractivity contribution is 5.78. The molecule has 0 aromatic rings. The summed E-state index contributed by atoms with van der Waals surface area (Å²) in [6.45, 7) is 4.45. The number of carbonyl (C=O) groups excluding carboxylic acids is 1. The maximum absolute atomic E-state index is 11.7. The van der Waals surface area contributed by atoms with Crippen molar-refractivity contribution in [1.82, 2.24) is 10.2 Å². The van der Waals surface area contributed by atoms with E-state index in [1.165, 1.54) is 19.3 Å². The van der Waals surface area contributed by atoms with Gasteiger partial charge in [-0.2, -0.15) is 0 Å². The van der Waals surface area contributed by atoms with Crippen molar-refractivity contribution >= 4 is 5.91 Å². The minimum atomic E-state index is -0.553. The van der Waals surface area contributed by atoms with Crippen LogP contribution in [0.5, 0.6) is 0 Å². The van der Waals surface area contributed by atoms with Gasteiger partial charge in [0.15, 0.2) is 0 Å². The number of nitrogens with zero attached hydrogens (tertiary/aromatic N) is 1. The smallest absolute Gasteiger partial charge is 0.234 e.